The molecular weight excluding hydrogens is 282 g/mol. The number of ether oxygens (including phenoxy) is 2. The summed E-state index contributed by atoms with van der Waals surface area (Å²) < 4.78 is 12.4. The van der Waals surface area contributed by atoms with Crippen molar-refractivity contribution in [1.82, 2.24) is 9.78 Å². The average Bonchev–Trinajstić information content (AvgIpc) is 2.91. The normalized spacial score (nSPS) is 10.4. The van der Waals surface area contributed by atoms with Crippen LogP contribution in [0.4, 0.5) is 5.69 Å². The maximum atomic E-state index is 12.5. The number of nitrogens with one attached hydrogen (secondary N) is 1. The van der Waals surface area contributed by atoms with E-state index in [9.17, 15) is 4.79 Å². The average molecular weight is 303 g/mol. The van der Waals surface area contributed by atoms with Crippen molar-refractivity contribution in [2.45, 2.75) is 27.3 Å². The molecule has 1 aromatic carbocycles. The minimum absolute atomic E-state index is 0.271. The molecule has 0 spiro atoms. The van der Waals surface area contributed by atoms with Gasteiger partial charge in [-0.3, -0.25) is 9.48 Å². The first-order chi connectivity index (χ1) is 10.6. The largest absolute Gasteiger partial charge is 0.495 e. The van der Waals surface area contributed by atoms with Crippen molar-refractivity contribution >= 4 is 11.6 Å². The smallest absolute Gasteiger partial charge is 0.262 e. The maximum Gasteiger partial charge on any atom is 0.262 e. The van der Waals surface area contributed by atoms with Gasteiger partial charge < -0.3 is 14.8 Å². The van der Waals surface area contributed by atoms with E-state index in [0.717, 1.165) is 5.56 Å². The second-order valence-electron chi connectivity index (χ2n) is 4.79. The number of rotatable bonds is 6. The lowest BCUT2D eigenvalue weighted by Gasteiger charge is -2.11. The number of carbonyl (C=O) groups is 1. The molecule has 22 heavy (non-hydrogen) atoms. The Morgan fingerprint density at radius 3 is 2.77 bits per heavy atom. The van der Waals surface area contributed by atoms with Gasteiger partial charge in [-0.1, -0.05) is 6.07 Å². The predicted octanol–water partition coefficient (Wildman–Crippen LogP) is 2.87. The van der Waals surface area contributed by atoms with E-state index in [0.29, 0.717) is 36.0 Å². The van der Waals surface area contributed by atoms with Gasteiger partial charge in [0.2, 0.25) is 5.88 Å². The molecule has 0 aliphatic rings. The second kappa shape index (κ2) is 6.98. The maximum absolute atomic E-state index is 12.5. The summed E-state index contributed by atoms with van der Waals surface area (Å²) in [5, 5.41) is 7.10. The van der Waals surface area contributed by atoms with E-state index >= 15 is 0 Å². The molecule has 6 heteroatoms. The van der Waals surface area contributed by atoms with Crippen LogP contribution in [0.1, 0.15) is 29.8 Å². The highest BCUT2D eigenvalue weighted by Gasteiger charge is 2.18. The van der Waals surface area contributed by atoms with E-state index < -0.39 is 0 Å². The minimum Gasteiger partial charge on any atom is -0.495 e. The molecule has 6 nitrogen and oxygen atoms in total. The monoisotopic (exact) mass is 303 g/mol. The van der Waals surface area contributed by atoms with Crippen molar-refractivity contribution in [2.75, 3.05) is 19.0 Å². The number of carbonyl (C=O) groups excluding carboxylic acids is 1. The molecule has 0 fully saturated rings. The number of methoxy groups -OCH3 is 1. The summed E-state index contributed by atoms with van der Waals surface area (Å²) in [7, 11) is 1.57. The lowest BCUT2D eigenvalue weighted by atomic mass is 10.2. The first kappa shape index (κ1) is 15.9. The van der Waals surface area contributed by atoms with E-state index in [1.165, 1.54) is 0 Å². The summed E-state index contributed by atoms with van der Waals surface area (Å²) in [6.07, 6.45) is 1.68. The van der Waals surface area contributed by atoms with Crippen LogP contribution < -0.4 is 14.8 Å². The fourth-order valence-corrected chi connectivity index (χ4v) is 2.07. The molecular formula is C16H21N3O3. The standard InChI is InChI=1S/C16H21N3O3/c1-5-19-10-12(16(18-19)22-6-2)15(20)17-13-9-11(3)7-8-14(13)21-4/h7-10H,5-6H2,1-4H3,(H,17,20). The molecule has 0 radical (unpaired) electrons. The van der Waals surface area contributed by atoms with Crippen molar-refractivity contribution in [3.63, 3.8) is 0 Å². The molecule has 2 rings (SSSR count). The number of amides is 1. The van der Waals surface area contributed by atoms with Crippen LogP contribution in [-0.2, 0) is 6.54 Å². The van der Waals surface area contributed by atoms with Gasteiger partial charge in [0.15, 0.2) is 0 Å². The Morgan fingerprint density at radius 2 is 2.14 bits per heavy atom. The van der Waals surface area contributed by atoms with Gasteiger partial charge in [-0.05, 0) is 38.5 Å². The molecule has 1 heterocycles. The summed E-state index contributed by atoms with van der Waals surface area (Å²) in [6.45, 7) is 6.88. The Hall–Kier alpha value is -2.50. The van der Waals surface area contributed by atoms with E-state index in [-0.39, 0.29) is 5.91 Å². The van der Waals surface area contributed by atoms with Crippen LogP contribution in [0.15, 0.2) is 24.4 Å². The van der Waals surface area contributed by atoms with Crippen molar-refractivity contribution in [3.8, 4) is 11.6 Å². The zero-order valence-electron chi connectivity index (χ0n) is 13.3. The van der Waals surface area contributed by atoms with E-state index in [1.807, 2.05) is 39.0 Å². The third-order valence-electron chi connectivity index (χ3n) is 3.18. The number of hydrogen-bond acceptors (Lipinski definition) is 4. The Kier molecular flexibility index (Phi) is 5.04. The highest BCUT2D eigenvalue weighted by Crippen LogP contribution is 2.27. The van der Waals surface area contributed by atoms with Gasteiger partial charge in [0.25, 0.3) is 5.91 Å². The number of aromatic nitrogens is 2. The number of hydrogen-bond donors (Lipinski definition) is 1. The zero-order chi connectivity index (χ0) is 16.1. The highest BCUT2D eigenvalue weighted by molar-refractivity contribution is 6.06. The Morgan fingerprint density at radius 1 is 1.36 bits per heavy atom. The van der Waals surface area contributed by atoms with E-state index in [2.05, 4.69) is 10.4 Å². The summed E-state index contributed by atoms with van der Waals surface area (Å²) in [4.78, 5) is 12.5. The third kappa shape index (κ3) is 3.39. The number of nitrogens with zero attached hydrogens (tertiary/aromatic N) is 2. The van der Waals surface area contributed by atoms with Crippen LogP contribution in [0.5, 0.6) is 11.6 Å². The third-order valence-corrected chi connectivity index (χ3v) is 3.18. The molecule has 0 bridgehead atoms. The topological polar surface area (TPSA) is 65.4 Å². The van der Waals surface area contributed by atoms with E-state index in [1.54, 1.807) is 18.0 Å². The first-order valence-electron chi connectivity index (χ1n) is 7.25. The van der Waals surface area contributed by atoms with Crippen LogP contribution in [0, 0.1) is 6.92 Å². The number of aryl methyl sites for hydroxylation is 2. The SMILES string of the molecule is CCOc1nn(CC)cc1C(=O)Nc1cc(C)ccc1OC. The van der Waals surface area contributed by atoms with Crippen LogP contribution in [0.25, 0.3) is 0 Å². The summed E-state index contributed by atoms with van der Waals surface area (Å²) in [6, 6.07) is 5.61. The van der Waals surface area contributed by atoms with Crippen LogP contribution in [0.2, 0.25) is 0 Å². The van der Waals surface area contributed by atoms with Gasteiger partial charge in [-0.15, -0.1) is 5.10 Å². The molecule has 1 aromatic heterocycles. The van der Waals surface area contributed by atoms with Crippen LogP contribution in [-0.4, -0.2) is 29.4 Å². The lowest BCUT2D eigenvalue weighted by molar-refractivity contribution is 0.102. The highest BCUT2D eigenvalue weighted by atomic mass is 16.5. The molecule has 0 atom stereocenters. The summed E-state index contributed by atoms with van der Waals surface area (Å²) >= 11 is 0. The quantitative estimate of drug-likeness (QED) is 0.891. The summed E-state index contributed by atoms with van der Waals surface area (Å²) in [5.74, 6) is 0.681. The molecule has 0 saturated carbocycles. The first-order valence-corrected chi connectivity index (χ1v) is 7.25. The second-order valence-corrected chi connectivity index (χ2v) is 4.79. The Bertz CT molecular complexity index is 665. The Labute approximate surface area is 130 Å². The molecule has 0 saturated heterocycles. The van der Waals surface area contributed by atoms with Crippen LogP contribution >= 0.6 is 0 Å². The van der Waals surface area contributed by atoms with Gasteiger partial charge in [-0.25, -0.2) is 0 Å². The van der Waals surface area contributed by atoms with Gasteiger partial charge >= 0.3 is 0 Å². The fraction of sp³-hybridized carbons (Fsp3) is 0.375. The number of anilines is 1. The minimum atomic E-state index is -0.271. The van der Waals surface area contributed by atoms with Gasteiger partial charge in [0, 0.05) is 12.7 Å². The predicted molar refractivity (Wildman–Crippen MR) is 84.8 cm³/mol. The molecule has 1 N–H and O–H groups in total. The molecule has 118 valence electrons. The molecule has 2 aromatic rings. The molecule has 0 aliphatic heterocycles. The molecule has 0 aliphatic carbocycles. The van der Waals surface area contributed by atoms with Gasteiger partial charge in [0.1, 0.15) is 11.3 Å². The summed E-state index contributed by atoms with van der Waals surface area (Å²) in [5.41, 5.74) is 2.07. The molecule has 0 unspecified atom stereocenters. The van der Waals surface area contributed by atoms with Crippen molar-refractivity contribution in [1.29, 1.82) is 0 Å². The van der Waals surface area contributed by atoms with Crippen molar-refractivity contribution < 1.29 is 14.3 Å². The van der Waals surface area contributed by atoms with E-state index in [4.69, 9.17) is 9.47 Å². The fourth-order valence-electron chi connectivity index (χ4n) is 2.07. The van der Waals surface area contributed by atoms with Gasteiger partial charge in [-0.2, -0.15) is 0 Å². The van der Waals surface area contributed by atoms with Crippen LogP contribution in [0.3, 0.4) is 0 Å². The van der Waals surface area contributed by atoms with Crippen molar-refractivity contribution in [3.05, 3.63) is 35.5 Å². The van der Waals surface area contributed by atoms with Crippen molar-refractivity contribution in [2.24, 2.45) is 0 Å². The Balaban J connectivity index is 2.29. The zero-order valence-corrected chi connectivity index (χ0v) is 13.3. The molecule has 1 amide bonds. The lowest BCUT2D eigenvalue weighted by Crippen LogP contribution is -2.13. The van der Waals surface area contributed by atoms with Gasteiger partial charge in [0.05, 0.1) is 19.4 Å². The number of benzene rings is 1.